The molecular weight excluding hydrogens is 415 g/mol. The quantitative estimate of drug-likeness (QED) is 0.563. The highest BCUT2D eigenvalue weighted by Crippen LogP contribution is 2.41. The van der Waals surface area contributed by atoms with E-state index in [1.165, 1.54) is 28.0 Å². The zero-order valence-electron chi connectivity index (χ0n) is 16.1. The molecule has 0 fully saturated rings. The normalized spacial score (nSPS) is 16.1. The molecule has 0 radical (unpaired) electrons. The number of aromatic nitrogens is 2. The van der Waals surface area contributed by atoms with E-state index in [0.717, 1.165) is 23.3 Å². The number of halogens is 2. The Morgan fingerprint density at radius 3 is 2.97 bits per heavy atom. The Balaban J connectivity index is 1.90. The summed E-state index contributed by atoms with van der Waals surface area (Å²) in [4.78, 5) is 32.2. The fraction of sp³-hybridized carbons (Fsp3) is 0.381. The summed E-state index contributed by atoms with van der Waals surface area (Å²) in [5.74, 6) is -0.763. The molecule has 0 amide bonds. The molecule has 4 rings (SSSR count). The van der Waals surface area contributed by atoms with Gasteiger partial charge in [-0.1, -0.05) is 17.7 Å². The number of fused-ring (bicyclic) bond motifs is 3. The number of esters is 1. The third-order valence-electron chi connectivity index (χ3n) is 5.31. The Morgan fingerprint density at radius 1 is 1.45 bits per heavy atom. The monoisotopic (exact) mass is 434 g/mol. The van der Waals surface area contributed by atoms with E-state index in [9.17, 15) is 14.0 Å². The molecule has 0 aliphatic heterocycles. The summed E-state index contributed by atoms with van der Waals surface area (Å²) in [7, 11) is 0. The molecule has 1 aromatic carbocycles. The lowest BCUT2D eigenvalue weighted by Crippen LogP contribution is -2.27. The Kier molecular flexibility index (Phi) is 5.44. The zero-order chi connectivity index (χ0) is 20.7. The summed E-state index contributed by atoms with van der Waals surface area (Å²) in [6, 6.07) is 4.43. The maximum Gasteiger partial charge on any atom is 0.313 e. The number of rotatable bonds is 4. The van der Waals surface area contributed by atoms with Crippen molar-refractivity contribution >= 4 is 39.1 Å². The first kappa shape index (κ1) is 20.0. The van der Waals surface area contributed by atoms with Gasteiger partial charge in [-0.3, -0.25) is 14.2 Å². The molecule has 3 aromatic rings. The van der Waals surface area contributed by atoms with Crippen molar-refractivity contribution in [2.45, 2.75) is 45.6 Å². The van der Waals surface area contributed by atoms with Crippen LogP contribution in [0.15, 0.2) is 23.0 Å². The highest BCUT2D eigenvalue weighted by atomic mass is 35.5. The lowest BCUT2D eigenvalue weighted by Gasteiger charge is -2.21. The molecule has 8 heteroatoms. The summed E-state index contributed by atoms with van der Waals surface area (Å²) < 4.78 is 21.0. The highest BCUT2D eigenvalue weighted by molar-refractivity contribution is 7.18. The second kappa shape index (κ2) is 7.88. The van der Waals surface area contributed by atoms with Crippen LogP contribution in [0.1, 0.15) is 47.5 Å². The van der Waals surface area contributed by atoms with Gasteiger partial charge in [-0.2, -0.15) is 0 Å². The predicted octanol–water partition coefficient (Wildman–Crippen LogP) is 4.59. The Hall–Kier alpha value is -2.25. The number of benzene rings is 1. The third-order valence-corrected chi connectivity index (χ3v) is 6.82. The number of ether oxygens (including phenoxy) is 1. The van der Waals surface area contributed by atoms with Gasteiger partial charge in [0.2, 0.25) is 0 Å². The number of hydrogen-bond donors (Lipinski definition) is 0. The zero-order valence-corrected chi connectivity index (χ0v) is 17.7. The standard InChI is InChI=1S/C21H20ClFN2O3S/c1-3-28-21(27)12-6-4-9-16-17(12)18-19(29-16)24-11(2)25(20(18)26)10-13-14(22)7-5-8-15(13)23/h5,7-8,12H,3-4,6,9-10H2,1-2H3. The van der Waals surface area contributed by atoms with Crippen molar-refractivity contribution in [3.63, 3.8) is 0 Å². The third kappa shape index (κ3) is 3.46. The Labute approximate surface area is 176 Å². The molecule has 0 spiro atoms. The highest BCUT2D eigenvalue weighted by Gasteiger charge is 2.33. The minimum Gasteiger partial charge on any atom is -0.466 e. The molecule has 1 aliphatic rings. The van der Waals surface area contributed by atoms with Crippen LogP contribution in [0.5, 0.6) is 0 Å². The molecule has 2 aromatic heterocycles. The number of carbonyl (C=O) groups excluding carboxylic acids is 1. The number of nitrogens with zero attached hydrogens (tertiary/aromatic N) is 2. The van der Waals surface area contributed by atoms with Crippen LogP contribution in [0.2, 0.25) is 5.02 Å². The average molecular weight is 435 g/mol. The largest absolute Gasteiger partial charge is 0.466 e. The van der Waals surface area contributed by atoms with E-state index in [0.29, 0.717) is 29.1 Å². The van der Waals surface area contributed by atoms with Crippen molar-refractivity contribution in [1.29, 1.82) is 0 Å². The van der Waals surface area contributed by atoms with E-state index < -0.39 is 11.7 Å². The van der Waals surface area contributed by atoms with Gasteiger partial charge in [-0.15, -0.1) is 11.3 Å². The molecule has 0 N–H and O–H groups in total. The van der Waals surface area contributed by atoms with Gasteiger partial charge in [0.05, 0.1) is 24.5 Å². The molecule has 5 nitrogen and oxygen atoms in total. The summed E-state index contributed by atoms with van der Waals surface area (Å²) >= 11 is 7.62. The predicted molar refractivity (Wildman–Crippen MR) is 111 cm³/mol. The maximum absolute atomic E-state index is 14.3. The van der Waals surface area contributed by atoms with Crippen molar-refractivity contribution < 1.29 is 13.9 Å². The van der Waals surface area contributed by atoms with Gasteiger partial charge >= 0.3 is 5.97 Å². The average Bonchev–Trinajstić information content (AvgIpc) is 3.05. The topological polar surface area (TPSA) is 61.2 Å². The smallest absolute Gasteiger partial charge is 0.313 e. The molecule has 1 atom stereocenters. The molecule has 152 valence electrons. The van der Waals surface area contributed by atoms with Gasteiger partial charge in [0.1, 0.15) is 16.5 Å². The number of carbonyl (C=O) groups is 1. The van der Waals surface area contributed by atoms with Crippen LogP contribution in [-0.4, -0.2) is 22.1 Å². The first-order valence-corrected chi connectivity index (χ1v) is 10.7. The van der Waals surface area contributed by atoms with Crippen molar-refractivity contribution in [1.82, 2.24) is 9.55 Å². The molecule has 0 saturated heterocycles. The van der Waals surface area contributed by atoms with Crippen molar-refractivity contribution in [2.24, 2.45) is 0 Å². The van der Waals surface area contributed by atoms with Crippen LogP contribution < -0.4 is 5.56 Å². The summed E-state index contributed by atoms with van der Waals surface area (Å²) in [6.45, 7) is 3.76. The first-order valence-electron chi connectivity index (χ1n) is 9.54. The van der Waals surface area contributed by atoms with E-state index in [2.05, 4.69) is 4.98 Å². The van der Waals surface area contributed by atoms with E-state index in [4.69, 9.17) is 16.3 Å². The van der Waals surface area contributed by atoms with Crippen molar-refractivity contribution in [3.05, 3.63) is 61.2 Å². The van der Waals surface area contributed by atoms with Crippen LogP contribution in [0.25, 0.3) is 10.2 Å². The van der Waals surface area contributed by atoms with E-state index in [1.807, 2.05) is 0 Å². The van der Waals surface area contributed by atoms with Gasteiger partial charge in [0.25, 0.3) is 5.56 Å². The Morgan fingerprint density at radius 2 is 2.24 bits per heavy atom. The second-order valence-corrected chi connectivity index (χ2v) is 8.56. The molecule has 2 heterocycles. The van der Waals surface area contributed by atoms with Crippen molar-refractivity contribution in [3.8, 4) is 0 Å². The molecule has 0 bridgehead atoms. The van der Waals surface area contributed by atoms with Crippen LogP contribution in [0, 0.1) is 12.7 Å². The number of thiophene rings is 1. The first-order chi connectivity index (χ1) is 13.9. The van der Waals surface area contributed by atoms with E-state index in [1.54, 1.807) is 19.9 Å². The van der Waals surface area contributed by atoms with Crippen LogP contribution in [-0.2, 0) is 22.5 Å². The number of aryl methyl sites for hydroxylation is 2. The van der Waals surface area contributed by atoms with Crippen LogP contribution in [0.3, 0.4) is 0 Å². The van der Waals surface area contributed by atoms with Gasteiger partial charge in [0.15, 0.2) is 0 Å². The lowest BCUT2D eigenvalue weighted by atomic mass is 9.86. The molecule has 1 aliphatic carbocycles. The lowest BCUT2D eigenvalue weighted by molar-refractivity contribution is -0.145. The molecular formula is C21H20ClFN2O3S. The van der Waals surface area contributed by atoms with Gasteiger partial charge < -0.3 is 4.74 Å². The summed E-state index contributed by atoms with van der Waals surface area (Å²) in [6.07, 6.45) is 2.31. The second-order valence-electron chi connectivity index (χ2n) is 7.07. The van der Waals surface area contributed by atoms with Crippen molar-refractivity contribution in [2.75, 3.05) is 6.61 Å². The van der Waals surface area contributed by atoms with Gasteiger partial charge in [0, 0.05) is 15.5 Å². The fourth-order valence-electron chi connectivity index (χ4n) is 3.92. The molecule has 0 saturated carbocycles. The fourth-order valence-corrected chi connectivity index (χ4v) is 5.46. The van der Waals surface area contributed by atoms with E-state index in [-0.39, 0.29) is 28.7 Å². The van der Waals surface area contributed by atoms with Gasteiger partial charge in [-0.05, 0) is 50.8 Å². The molecule has 1 unspecified atom stereocenters. The molecule has 29 heavy (non-hydrogen) atoms. The maximum atomic E-state index is 14.3. The number of hydrogen-bond acceptors (Lipinski definition) is 5. The van der Waals surface area contributed by atoms with Gasteiger partial charge in [-0.25, -0.2) is 9.37 Å². The summed E-state index contributed by atoms with van der Waals surface area (Å²) in [5.41, 5.74) is 0.702. The SMILES string of the molecule is CCOC(=O)C1CCCc2sc3nc(C)n(Cc4c(F)cccc4Cl)c(=O)c3c21. The Bertz CT molecular complexity index is 1150. The minimum atomic E-state index is -0.472. The summed E-state index contributed by atoms with van der Waals surface area (Å²) in [5, 5.41) is 0.703. The van der Waals surface area contributed by atoms with E-state index >= 15 is 0 Å². The van der Waals surface area contributed by atoms with Crippen LogP contribution >= 0.6 is 22.9 Å². The minimum absolute atomic E-state index is 0.0200. The van der Waals surface area contributed by atoms with Crippen LogP contribution in [0.4, 0.5) is 4.39 Å².